The van der Waals surface area contributed by atoms with E-state index in [0.29, 0.717) is 7.14 Å². The minimum absolute atomic E-state index is 0.185. The van der Waals surface area contributed by atoms with Crippen LogP contribution in [0.15, 0.2) is 12.1 Å². The lowest BCUT2D eigenvalue weighted by atomic mass is 9.78. The maximum Gasteiger partial charge on any atom is 0.516 e. The Kier molecular flexibility index (Phi) is 6.44. The Hall–Kier alpha value is -0.440. The molecule has 1 heterocycles. The number of ether oxygens (including phenoxy) is 2. The fourth-order valence-electron chi connectivity index (χ4n) is 4.68. The molecule has 0 radical (unpaired) electrons. The molecular weight excluding hydrogens is 800 g/mol. The zero-order valence-electron chi connectivity index (χ0n) is 15.4. The van der Waals surface area contributed by atoms with Gasteiger partial charge in [-0.05, 0) is 86.3 Å². The number of nitrogens with one attached hydrogen (secondary N) is 1. The van der Waals surface area contributed by atoms with E-state index in [9.17, 15) is 36.0 Å². The lowest BCUT2D eigenvalue weighted by molar-refractivity contribution is -0.147. The lowest BCUT2D eigenvalue weighted by Gasteiger charge is -2.30. The van der Waals surface area contributed by atoms with Crippen molar-refractivity contribution in [1.82, 2.24) is 4.72 Å². The van der Waals surface area contributed by atoms with Crippen LogP contribution in [0.5, 0.6) is 0 Å². The largest absolute Gasteiger partial charge is 0.516 e. The van der Waals surface area contributed by atoms with Crippen LogP contribution in [0.2, 0.25) is 0 Å². The lowest BCUT2D eigenvalue weighted by Crippen LogP contribution is -2.50. The van der Waals surface area contributed by atoms with Crippen LogP contribution in [0.4, 0.5) is 13.2 Å². The average Bonchev–Trinajstić information content (AvgIpc) is 3.23. The summed E-state index contributed by atoms with van der Waals surface area (Å²) in [7, 11) is -5.95. The van der Waals surface area contributed by atoms with Crippen molar-refractivity contribution in [3.63, 3.8) is 0 Å². The van der Waals surface area contributed by atoms with Gasteiger partial charge in [0.1, 0.15) is 12.2 Å². The molecule has 174 valence electrons. The van der Waals surface area contributed by atoms with Crippen LogP contribution in [0.25, 0.3) is 0 Å². The highest BCUT2D eigenvalue weighted by Gasteiger charge is 2.70. The number of sulfonamides is 1. The number of carbonyl (C=O) groups is 3. The smallest absolute Gasteiger partial charge is 0.458 e. The number of hydrogen-bond donors (Lipinski definition) is 1. The van der Waals surface area contributed by atoms with Crippen LogP contribution in [-0.2, 0) is 29.1 Å². The van der Waals surface area contributed by atoms with Crippen molar-refractivity contribution >= 4 is 95.6 Å². The van der Waals surface area contributed by atoms with Gasteiger partial charge in [0.25, 0.3) is 0 Å². The number of carbonyl (C=O) groups excluding carboxylic acids is 3. The Labute approximate surface area is 220 Å². The van der Waals surface area contributed by atoms with Gasteiger partial charge in [0.15, 0.2) is 0 Å². The number of esters is 2. The summed E-state index contributed by atoms with van der Waals surface area (Å²) in [6.45, 7) is 0. The number of alkyl halides is 3. The fraction of sp³-hybridized carbons (Fsp3) is 0.471. The fourth-order valence-corrected chi connectivity index (χ4v) is 9.22. The monoisotopic (exact) mass is 811 g/mol. The van der Waals surface area contributed by atoms with Crippen molar-refractivity contribution in [2.24, 2.45) is 23.7 Å². The van der Waals surface area contributed by atoms with Gasteiger partial charge in [-0.15, -0.1) is 0 Å². The van der Waals surface area contributed by atoms with Crippen LogP contribution >= 0.6 is 67.8 Å². The van der Waals surface area contributed by atoms with E-state index in [1.54, 1.807) is 12.1 Å². The number of halogens is 6. The van der Waals surface area contributed by atoms with Gasteiger partial charge in [-0.3, -0.25) is 9.59 Å². The van der Waals surface area contributed by atoms with Crippen molar-refractivity contribution in [3.8, 4) is 0 Å². The second-order valence-corrected chi connectivity index (χ2v) is 12.8. The molecule has 32 heavy (non-hydrogen) atoms. The van der Waals surface area contributed by atoms with Crippen LogP contribution in [0.3, 0.4) is 0 Å². The zero-order chi connectivity index (χ0) is 23.7. The molecule has 1 aliphatic heterocycles. The Morgan fingerprint density at radius 3 is 2.28 bits per heavy atom. The molecule has 1 amide bonds. The standard InChI is InChI=1S/C17H11F3I3NO7S/c18-17(19,20)32(28,29)24-14(25)9-5-3-6-10(9)15(26)30-13(6)12(5)31-16(27)11-7(22)1-4(21)2-8(11)23/h1-2,5-6,9-10,12-13H,3H2,(H,24,25). The zero-order valence-corrected chi connectivity index (χ0v) is 22.6. The second kappa shape index (κ2) is 8.35. The first-order valence-electron chi connectivity index (χ1n) is 8.92. The molecule has 6 unspecified atom stereocenters. The molecule has 2 saturated carbocycles. The average molecular weight is 811 g/mol. The van der Waals surface area contributed by atoms with Gasteiger partial charge in [-0.1, -0.05) is 0 Å². The summed E-state index contributed by atoms with van der Waals surface area (Å²) in [5.41, 5.74) is -5.42. The minimum Gasteiger partial charge on any atom is -0.458 e. The normalized spacial score (nSPS) is 30.9. The molecular formula is C17H11F3I3NO7S. The van der Waals surface area contributed by atoms with Crippen molar-refractivity contribution in [3.05, 3.63) is 28.4 Å². The third-order valence-corrected chi connectivity index (χ3v) is 9.25. The minimum atomic E-state index is -5.95. The summed E-state index contributed by atoms with van der Waals surface area (Å²) in [5, 5.41) is 0. The molecule has 8 nitrogen and oxygen atoms in total. The summed E-state index contributed by atoms with van der Waals surface area (Å²) in [5.74, 6) is -6.91. The van der Waals surface area contributed by atoms with Crippen molar-refractivity contribution in [2.75, 3.05) is 0 Å². The second-order valence-electron chi connectivity index (χ2n) is 7.55. The topological polar surface area (TPSA) is 116 Å². The maximum atomic E-state index is 12.9. The Bertz CT molecular complexity index is 1120. The number of rotatable bonds is 4. The first-order valence-corrected chi connectivity index (χ1v) is 13.6. The molecule has 1 aromatic rings. The molecule has 15 heteroatoms. The van der Waals surface area contributed by atoms with Gasteiger partial charge in [0.05, 0.1) is 17.4 Å². The van der Waals surface area contributed by atoms with Crippen molar-refractivity contribution < 1.29 is 45.4 Å². The third kappa shape index (κ3) is 4.01. The number of fused-ring (bicyclic) bond motifs is 1. The van der Waals surface area contributed by atoms with Crippen LogP contribution < -0.4 is 4.72 Å². The summed E-state index contributed by atoms with van der Waals surface area (Å²) < 4.78 is 74.9. The summed E-state index contributed by atoms with van der Waals surface area (Å²) in [4.78, 5) is 37.7. The summed E-state index contributed by atoms with van der Waals surface area (Å²) >= 11 is 6.02. The molecule has 1 aromatic carbocycles. The van der Waals surface area contributed by atoms with Gasteiger partial charge >= 0.3 is 27.5 Å². The molecule has 4 rings (SSSR count). The quantitative estimate of drug-likeness (QED) is 0.368. The number of amides is 1. The highest BCUT2D eigenvalue weighted by molar-refractivity contribution is 14.1. The van der Waals surface area contributed by atoms with Gasteiger partial charge in [0, 0.05) is 22.5 Å². The molecule has 1 saturated heterocycles. The molecule has 0 aromatic heterocycles. The number of hydrogen-bond acceptors (Lipinski definition) is 7. The molecule has 1 N–H and O–H groups in total. The van der Waals surface area contributed by atoms with Crippen LogP contribution in [-0.4, -0.2) is 44.0 Å². The SMILES string of the molecule is O=C(OC1C2CC3C1OC(=O)C3C2C(=O)NS(=O)(=O)C(F)(F)F)c1c(I)cc(I)cc1I. The van der Waals surface area contributed by atoms with Crippen molar-refractivity contribution in [2.45, 2.75) is 24.1 Å². The van der Waals surface area contributed by atoms with E-state index in [0.717, 1.165) is 8.29 Å². The van der Waals surface area contributed by atoms with Crippen LogP contribution in [0.1, 0.15) is 16.8 Å². The Balaban J connectivity index is 1.61. The van der Waals surface area contributed by atoms with E-state index in [2.05, 4.69) is 22.6 Å². The van der Waals surface area contributed by atoms with E-state index in [1.807, 2.05) is 45.2 Å². The van der Waals surface area contributed by atoms with E-state index in [1.165, 1.54) is 0 Å². The molecule has 0 spiro atoms. The molecule has 2 aliphatic carbocycles. The molecule has 3 aliphatic rings. The van der Waals surface area contributed by atoms with Crippen molar-refractivity contribution in [1.29, 1.82) is 0 Å². The van der Waals surface area contributed by atoms with Crippen LogP contribution in [0, 0.1) is 34.4 Å². The highest BCUT2D eigenvalue weighted by atomic mass is 127. The molecule has 6 atom stereocenters. The maximum absolute atomic E-state index is 12.9. The highest BCUT2D eigenvalue weighted by Crippen LogP contribution is 2.59. The summed E-state index contributed by atoms with van der Waals surface area (Å²) in [6, 6.07) is 3.51. The predicted octanol–water partition coefficient (Wildman–Crippen LogP) is 2.80. The summed E-state index contributed by atoms with van der Waals surface area (Å²) in [6.07, 6.45) is -1.72. The van der Waals surface area contributed by atoms with Gasteiger partial charge in [-0.2, -0.15) is 21.6 Å². The van der Waals surface area contributed by atoms with E-state index >= 15 is 0 Å². The predicted molar refractivity (Wildman–Crippen MR) is 125 cm³/mol. The van der Waals surface area contributed by atoms with Gasteiger partial charge < -0.3 is 9.47 Å². The van der Waals surface area contributed by atoms with Gasteiger partial charge in [-0.25, -0.2) is 9.52 Å². The third-order valence-electron chi connectivity index (χ3n) is 5.84. The Morgan fingerprint density at radius 2 is 1.72 bits per heavy atom. The van der Waals surface area contributed by atoms with E-state index in [4.69, 9.17) is 9.47 Å². The van der Waals surface area contributed by atoms with E-state index < -0.39 is 69.3 Å². The molecule has 3 fully saturated rings. The van der Waals surface area contributed by atoms with E-state index in [-0.39, 0.29) is 12.0 Å². The Morgan fingerprint density at radius 1 is 1.12 bits per heavy atom. The number of benzene rings is 1. The first-order chi connectivity index (χ1) is 14.7. The molecule has 2 bridgehead atoms. The van der Waals surface area contributed by atoms with Gasteiger partial charge in [0.2, 0.25) is 5.91 Å². The first kappa shape index (κ1) is 24.7.